The van der Waals surface area contributed by atoms with Gasteiger partial charge in [-0.05, 0) is 0 Å². The van der Waals surface area contributed by atoms with Crippen molar-refractivity contribution in [1.82, 2.24) is 0 Å². The summed E-state index contributed by atoms with van der Waals surface area (Å²) in [4.78, 5) is 54.8. The van der Waals surface area contributed by atoms with E-state index in [1.807, 2.05) is 0 Å². The normalized spacial score (nSPS) is 10.2. The molecule has 0 fully saturated rings. The second-order valence-electron chi connectivity index (χ2n) is 7.53. The molecule has 164 valence electrons. The van der Waals surface area contributed by atoms with Gasteiger partial charge in [-0.3, -0.25) is 19.2 Å². The van der Waals surface area contributed by atoms with Crippen LogP contribution in [0, 0.1) is 0 Å². The van der Waals surface area contributed by atoms with Crippen molar-refractivity contribution in [1.29, 1.82) is 0 Å². The van der Waals surface area contributed by atoms with E-state index in [4.69, 9.17) is 0 Å². The van der Waals surface area contributed by atoms with Gasteiger partial charge in [0.25, 0.3) is 0 Å². The van der Waals surface area contributed by atoms with E-state index < -0.39 is 34.3 Å². The standard InChI is InChI=1S/C30H20O4/c31-27(21-13-5-1-6-14-21)25(28(32)22-15-7-2-8-16-22)26(29(33)23-17-9-3-10-18-23)30(34)24-19-11-4-12-20-24/h1-20H. The van der Waals surface area contributed by atoms with Crippen molar-refractivity contribution >= 4 is 23.1 Å². The highest BCUT2D eigenvalue weighted by Gasteiger charge is 2.33. The van der Waals surface area contributed by atoms with Gasteiger partial charge in [0, 0.05) is 22.3 Å². The van der Waals surface area contributed by atoms with Crippen molar-refractivity contribution in [2.24, 2.45) is 0 Å². The maximum Gasteiger partial charge on any atom is 0.197 e. The number of hydrogen-bond donors (Lipinski definition) is 0. The molecule has 34 heavy (non-hydrogen) atoms. The second-order valence-corrected chi connectivity index (χ2v) is 7.53. The largest absolute Gasteiger partial charge is 0.288 e. The Hall–Kier alpha value is -4.70. The van der Waals surface area contributed by atoms with E-state index in [0.29, 0.717) is 0 Å². The van der Waals surface area contributed by atoms with E-state index in [1.54, 1.807) is 121 Å². The summed E-state index contributed by atoms with van der Waals surface area (Å²) in [5.74, 6) is -2.73. The van der Waals surface area contributed by atoms with Crippen molar-refractivity contribution in [2.45, 2.75) is 0 Å². The second kappa shape index (κ2) is 10.3. The van der Waals surface area contributed by atoms with Crippen LogP contribution < -0.4 is 0 Å². The van der Waals surface area contributed by atoms with Crippen LogP contribution in [0.3, 0.4) is 0 Å². The number of hydrogen-bond acceptors (Lipinski definition) is 4. The monoisotopic (exact) mass is 444 g/mol. The number of carbonyl (C=O) groups is 4. The molecule has 4 aromatic carbocycles. The molecule has 0 heterocycles. The van der Waals surface area contributed by atoms with Gasteiger partial charge in [-0.15, -0.1) is 0 Å². The highest BCUT2D eigenvalue weighted by Crippen LogP contribution is 2.24. The maximum atomic E-state index is 13.7. The lowest BCUT2D eigenvalue weighted by Gasteiger charge is -2.14. The van der Waals surface area contributed by atoms with Crippen LogP contribution in [0.1, 0.15) is 41.4 Å². The summed E-state index contributed by atoms with van der Waals surface area (Å²) < 4.78 is 0. The van der Waals surface area contributed by atoms with Crippen molar-refractivity contribution < 1.29 is 19.2 Å². The quantitative estimate of drug-likeness (QED) is 0.149. The Morgan fingerprint density at radius 2 is 0.471 bits per heavy atom. The topological polar surface area (TPSA) is 68.3 Å². The Morgan fingerprint density at radius 1 is 0.294 bits per heavy atom. The molecule has 0 amide bonds. The van der Waals surface area contributed by atoms with E-state index in [9.17, 15) is 19.2 Å². The first kappa shape index (κ1) is 22.5. The number of carbonyl (C=O) groups excluding carboxylic acids is 4. The van der Waals surface area contributed by atoms with Gasteiger partial charge in [0.15, 0.2) is 23.1 Å². The molecule has 0 aliphatic rings. The fourth-order valence-corrected chi connectivity index (χ4v) is 3.60. The van der Waals surface area contributed by atoms with Crippen LogP contribution in [0.15, 0.2) is 132 Å². The van der Waals surface area contributed by atoms with Gasteiger partial charge in [-0.1, -0.05) is 121 Å². The summed E-state index contributed by atoms with van der Waals surface area (Å²) in [6.07, 6.45) is 0. The number of Topliss-reactive ketones (excluding diaryl/α,β-unsaturated/α-hetero) is 4. The smallest absolute Gasteiger partial charge is 0.197 e. The maximum absolute atomic E-state index is 13.7. The summed E-state index contributed by atoms with van der Waals surface area (Å²) >= 11 is 0. The predicted octanol–water partition coefficient (Wildman–Crippen LogP) is 5.81. The van der Waals surface area contributed by atoms with Crippen LogP contribution in [0.2, 0.25) is 0 Å². The Balaban J connectivity index is 2.02. The van der Waals surface area contributed by atoms with Crippen molar-refractivity contribution in [2.75, 3.05) is 0 Å². The SMILES string of the molecule is O=C(C(C(=O)c1ccccc1)=C(C(=O)c1ccccc1)C(=O)c1ccccc1)c1ccccc1. The number of allylic oxidation sites excluding steroid dienone is 2. The Bertz CT molecular complexity index is 1160. The molecule has 0 aliphatic carbocycles. The zero-order valence-electron chi connectivity index (χ0n) is 18.2. The van der Waals surface area contributed by atoms with Gasteiger partial charge in [0.05, 0.1) is 11.1 Å². The molecule has 0 saturated heterocycles. The average molecular weight is 444 g/mol. The first-order chi connectivity index (χ1) is 16.6. The molecule has 0 aliphatic heterocycles. The van der Waals surface area contributed by atoms with Crippen molar-refractivity contribution in [3.05, 3.63) is 155 Å². The minimum atomic E-state index is -0.682. The fraction of sp³-hybridized carbons (Fsp3) is 0. The first-order valence-corrected chi connectivity index (χ1v) is 10.7. The third-order valence-electron chi connectivity index (χ3n) is 5.30. The van der Waals surface area contributed by atoms with E-state index in [1.165, 1.54) is 0 Å². The average Bonchev–Trinajstić information content (AvgIpc) is 2.92. The summed E-state index contributed by atoms with van der Waals surface area (Å²) in [5.41, 5.74) is -0.0516. The molecule has 4 nitrogen and oxygen atoms in total. The van der Waals surface area contributed by atoms with Crippen LogP contribution in [0.25, 0.3) is 0 Å². The lowest BCUT2D eigenvalue weighted by Crippen LogP contribution is -2.25. The number of ketones is 4. The molecule has 0 bridgehead atoms. The molecule has 0 radical (unpaired) electrons. The zero-order valence-corrected chi connectivity index (χ0v) is 18.2. The van der Waals surface area contributed by atoms with Gasteiger partial charge < -0.3 is 0 Å². The molecule has 0 N–H and O–H groups in total. The van der Waals surface area contributed by atoms with Crippen LogP contribution >= 0.6 is 0 Å². The first-order valence-electron chi connectivity index (χ1n) is 10.7. The van der Waals surface area contributed by atoms with Gasteiger partial charge in [-0.25, -0.2) is 0 Å². The van der Waals surface area contributed by atoms with E-state index >= 15 is 0 Å². The van der Waals surface area contributed by atoms with Gasteiger partial charge >= 0.3 is 0 Å². The number of benzene rings is 4. The van der Waals surface area contributed by atoms with Crippen LogP contribution in [-0.4, -0.2) is 23.1 Å². The zero-order chi connectivity index (χ0) is 23.9. The minimum absolute atomic E-state index is 0.209. The summed E-state index contributed by atoms with van der Waals surface area (Å²) in [6, 6.07) is 32.7. The van der Waals surface area contributed by atoms with Crippen LogP contribution in [0.4, 0.5) is 0 Å². The molecule has 4 rings (SSSR count). The van der Waals surface area contributed by atoms with Crippen LogP contribution in [0.5, 0.6) is 0 Å². The van der Waals surface area contributed by atoms with Gasteiger partial charge in [0.1, 0.15) is 0 Å². The van der Waals surface area contributed by atoms with Crippen LogP contribution in [-0.2, 0) is 0 Å². The van der Waals surface area contributed by atoms with Crippen molar-refractivity contribution in [3.63, 3.8) is 0 Å². The Labute approximate surface area is 197 Å². The van der Waals surface area contributed by atoms with Crippen molar-refractivity contribution in [3.8, 4) is 0 Å². The lowest BCUT2D eigenvalue weighted by atomic mass is 9.85. The third kappa shape index (κ3) is 4.71. The minimum Gasteiger partial charge on any atom is -0.288 e. The molecule has 4 aromatic rings. The van der Waals surface area contributed by atoms with E-state index in [-0.39, 0.29) is 22.3 Å². The lowest BCUT2D eigenvalue weighted by molar-refractivity contribution is 0.0908. The molecular formula is C30H20O4. The van der Waals surface area contributed by atoms with Gasteiger partial charge in [-0.2, -0.15) is 0 Å². The molecular weight excluding hydrogens is 424 g/mol. The molecule has 4 heteroatoms. The number of rotatable bonds is 8. The highest BCUT2D eigenvalue weighted by atomic mass is 16.2. The summed E-state index contributed by atoms with van der Waals surface area (Å²) in [6.45, 7) is 0. The Morgan fingerprint density at radius 3 is 0.647 bits per heavy atom. The van der Waals surface area contributed by atoms with E-state index in [0.717, 1.165) is 0 Å². The third-order valence-corrected chi connectivity index (χ3v) is 5.30. The predicted molar refractivity (Wildman–Crippen MR) is 130 cm³/mol. The molecule has 0 aromatic heterocycles. The molecule has 0 spiro atoms. The highest BCUT2D eigenvalue weighted by molar-refractivity contribution is 6.42. The summed E-state index contributed by atoms with van der Waals surface area (Å²) in [5, 5.41) is 0. The van der Waals surface area contributed by atoms with Gasteiger partial charge in [0.2, 0.25) is 0 Å². The molecule has 0 saturated carbocycles. The molecule has 0 unspecified atom stereocenters. The Kier molecular flexibility index (Phi) is 6.80. The summed E-state index contributed by atoms with van der Waals surface area (Å²) in [7, 11) is 0. The molecule has 0 atom stereocenters. The van der Waals surface area contributed by atoms with E-state index in [2.05, 4.69) is 0 Å². The fourth-order valence-electron chi connectivity index (χ4n) is 3.60.